The molecule has 2 aromatic rings. The third-order valence-electron chi connectivity index (χ3n) is 2.44. The molecule has 1 aromatic carbocycles. The third-order valence-corrected chi connectivity index (χ3v) is 2.68. The molecule has 0 radical (unpaired) electrons. The standard InChI is InChI=1S/C12H12ClN/c1-8(2)12-7-9-6-10(13)4-5-11(9)14(12)3/h4-7H,1H2,2-3H3. The van der Waals surface area contributed by atoms with Crippen molar-refractivity contribution in [2.75, 3.05) is 0 Å². The van der Waals surface area contributed by atoms with Crippen LogP contribution in [0.15, 0.2) is 30.8 Å². The average molecular weight is 206 g/mol. The monoisotopic (exact) mass is 205 g/mol. The molecule has 0 aliphatic carbocycles. The quantitative estimate of drug-likeness (QED) is 0.666. The van der Waals surface area contributed by atoms with Crippen molar-refractivity contribution in [1.82, 2.24) is 4.57 Å². The summed E-state index contributed by atoms with van der Waals surface area (Å²) in [5, 5.41) is 1.94. The van der Waals surface area contributed by atoms with Gasteiger partial charge in [0, 0.05) is 28.7 Å². The summed E-state index contributed by atoms with van der Waals surface area (Å²) in [5.74, 6) is 0. The van der Waals surface area contributed by atoms with Crippen molar-refractivity contribution in [2.45, 2.75) is 6.92 Å². The SMILES string of the molecule is C=C(C)c1cc2cc(Cl)ccc2n1C. The van der Waals surface area contributed by atoms with E-state index in [0.717, 1.165) is 21.7 Å². The summed E-state index contributed by atoms with van der Waals surface area (Å²) >= 11 is 5.93. The Kier molecular flexibility index (Phi) is 2.12. The predicted molar refractivity (Wildman–Crippen MR) is 62.6 cm³/mol. The summed E-state index contributed by atoms with van der Waals surface area (Å²) in [7, 11) is 2.04. The van der Waals surface area contributed by atoms with Crippen LogP contribution in [0.25, 0.3) is 16.5 Å². The number of nitrogens with zero attached hydrogens (tertiary/aromatic N) is 1. The van der Waals surface area contributed by atoms with E-state index in [1.807, 2.05) is 32.2 Å². The van der Waals surface area contributed by atoms with E-state index in [2.05, 4.69) is 17.2 Å². The minimum atomic E-state index is 0.774. The van der Waals surface area contributed by atoms with Crippen LogP contribution in [0.5, 0.6) is 0 Å². The Bertz CT molecular complexity index is 508. The minimum absolute atomic E-state index is 0.774. The zero-order chi connectivity index (χ0) is 10.3. The molecule has 2 rings (SSSR count). The number of rotatable bonds is 1. The van der Waals surface area contributed by atoms with Crippen LogP contribution >= 0.6 is 11.6 Å². The van der Waals surface area contributed by atoms with Gasteiger partial charge >= 0.3 is 0 Å². The van der Waals surface area contributed by atoms with Crippen LogP contribution in [-0.2, 0) is 7.05 Å². The van der Waals surface area contributed by atoms with Gasteiger partial charge in [-0.1, -0.05) is 18.2 Å². The topological polar surface area (TPSA) is 4.93 Å². The number of allylic oxidation sites excluding steroid dienone is 1. The fraction of sp³-hybridized carbons (Fsp3) is 0.167. The van der Waals surface area contributed by atoms with Gasteiger partial charge in [-0.05, 0) is 36.8 Å². The lowest BCUT2D eigenvalue weighted by Gasteiger charge is -2.02. The molecule has 0 unspecified atom stereocenters. The number of hydrogen-bond donors (Lipinski definition) is 0. The summed E-state index contributed by atoms with van der Waals surface area (Å²) in [6, 6.07) is 8.03. The summed E-state index contributed by atoms with van der Waals surface area (Å²) in [6.45, 7) is 5.96. The Morgan fingerprint density at radius 3 is 2.71 bits per heavy atom. The van der Waals surface area contributed by atoms with Crippen LogP contribution in [0.3, 0.4) is 0 Å². The molecular formula is C12H12ClN. The fourth-order valence-corrected chi connectivity index (χ4v) is 1.91. The third kappa shape index (κ3) is 1.34. The molecule has 0 fully saturated rings. The molecule has 0 saturated heterocycles. The van der Waals surface area contributed by atoms with E-state index < -0.39 is 0 Å². The molecule has 1 heterocycles. The van der Waals surface area contributed by atoms with E-state index in [0.29, 0.717) is 0 Å². The zero-order valence-electron chi connectivity index (χ0n) is 8.34. The molecule has 72 valence electrons. The van der Waals surface area contributed by atoms with Gasteiger partial charge in [0.15, 0.2) is 0 Å². The highest BCUT2D eigenvalue weighted by atomic mass is 35.5. The first-order chi connectivity index (χ1) is 6.59. The lowest BCUT2D eigenvalue weighted by molar-refractivity contribution is 0.947. The maximum Gasteiger partial charge on any atom is 0.0483 e. The highest BCUT2D eigenvalue weighted by Gasteiger charge is 2.05. The van der Waals surface area contributed by atoms with Gasteiger partial charge in [-0.25, -0.2) is 0 Å². The Balaban J connectivity index is 2.79. The smallest absolute Gasteiger partial charge is 0.0483 e. The number of halogens is 1. The van der Waals surface area contributed by atoms with Crippen molar-refractivity contribution < 1.29 is 0 Å². The van der Waals surface area contributed by atoms with Crippen molar-refractivity contribution in [3.63, 3.8) is 0 Å². The van der Waals surface area contributed by atoms with Crippen molar-refractivity contribution in [3.8, 4) is 0 Å². The van der Waals surface area contributed by atoms with Gasteiger partial charge < -0.3 is 4.57 Å². The highest BCUT2D eigenvalue weighted by molar-refractivity contribution is 6.31. The summed E-state index contributed by atoms with van der Waals surface area (Å²) in [4.78, 5) is 0. The Morgan fingerprint density at radius 2 is 2.07 bits per heavy atom. The molecule has 0 amide bonds. The predicted octanol–water partition coefficient (Wildman–Crippen LogP) is 3.86. The van der Waals surface area contributed by atoms with Crippen LogP contribution in [0, 0.1) is 0 Å². The van der Waals surface area contributed by atoms with E-state index in [1.54, 1.807) is 0 Å². The largest absolute Gasteiger partial charge is 0.344 e. The zero-order valence-corrected chi connectivity index (χ0v) is 9.10. The average Bonchev–Trinajstić information content (AvgIpc) is 2.43. The first kappa shape index (κ1) is 9.35. The van der Waals surface area contributed by atoms with Gasteiger partial charge in [0.05, 0.1) is 0 Å². The molecule has 1 nitrogen and oxygen atoms in total. The van der Waals surface area contributed by atoms with E-state index in [4.69, 9.17) is 11.6 Å². The van der Waals surface area contributed by atoms with E-state index >= 15 is 0 Å². The molecule has 0 N–H and O–H groups in total. The molecule has 0 aliphatic rings. The van der Waals surface area contributed by atoms with E-state index in [1.165, 1.54) is 5.52 Å². The number of aromatic nitrogens is 1. The number of fused-ring (bicyclic) bond motifs is 1. The molecule has 0 saturated carbocycles. The van der Waals surface area contributed by atoms with Crippen molar-refractivity contribution in [1.29, 1.82) is 0 Å². The first-order valence-corrected chi connectivity index (χ1v) is 4.88. The number of aryl methyl sites for hydroxylation is 1. The van der Waals surface area contributed by atoms with Gasteiger partial charge in [-0.3, -0.25) is 0 Å². The first-order valence-electron chi connectivity index (χ1n) is 4.50. The molecule has 0 aliphatic heterocycles. The summed E-state index contributed by atoms with van der Waals surface area (Å²) < 4.78 is 2.13. The van der Waals surface area contributed by atoms with Crippen LogP contribution in [0.4, 0.5) is 0 Å². The fourth-order valence-electron chi connectivity index (χ4n) is 1.73. The van der Waals surface area contributed by atoms with Crippen LogP contribution in [0.1, 0.15) is 12.6 Å². The maximum absolute atomic E-state index is 5.93. The van der Waals surface area contributed by atoms with Gasteiger partial charge in [0.25, 0.3) is 0 Å². The van der Waals surface area contributed by atoms with Gasteiger partial charge in [0.1, 0.15) is 0 Å². The highest BCUT2D eigenvalue weighted by Crippen LogP contribution is 2.25. The van der Waals surface area contributed by atoms with Crippen molar-refractivity contribution >= 4 is 28.1 Å². The minimum Gasteiger partial charge on any atom is -0.344 e. The normalized spacial score (nSPS) is 10.8. The second-order valence-electron chi connectivity index (χ2n) is 3.57. The summed E-state index contributed by atoms with van der Waals surface area (Å²) in [5.41, 5.74) is 3.41. The van der Waals surface area contributed by atoms with Gasteiger partial charge in [0.2, 0.25) is 0 Å². The van der Waals surface area contributed by atoms with Crippen LogP contribution in [0.2, 0.25) is 5.02 Å². The second-order valence-corrected chi connectivity index (χ2v) is 4.01. The van der Waals surface area contributed by atoms with Crippen LogP contribution in [-0.4, -0.2) is 4.57 Å². The molecule has 2 heteroatoms. The Morgan fingerprint density at radius 1 is 1.36 bits per heavy atom. The van der Waals surface area contributed by atoms with E-state index in [-0.39, 0.29) is 0 Å². The molecular weight excluding hydrogens is 194 g/mol. The molecule has 1 aromatic heterocycles. The molecule has 14 heavy (non-hydrogen) atoms. The molecule has 0 atom stereocenters. The van der Waals surface area contributed by atoms with E-state index in [9.17, 15) is 0 Å². The van der Waals surface area contributed by atoms with Gasteiger partial charge in [-0.15, -0.1) is 0 Å². The second kappa shape index (κ2) is 3.18. The number of hydrogen-bond acceptors (Lipinski definition) is 0. The molecule has 0 bridgehead atoms. The maximum atomic E-state index is 5.93. The summed E-state index contributed by atoms with van der Waals surface area (Å²) in [6.07, 6.45) is 0. The lowest BCUT2D eigenvalue weighted by atomic mass is 10.2. The molecule has 0 spiro atoms. The number of benzene rings is 1. The van der Waals surface area contributed by atoms with Crippen molar-refractivity contribution in [2.24, 2.45) is 7.05 Å². The Labute approximate surface area is 88.6 Å². The van der Waals surface area contributed by atoms with Crippen LogP contribution < -0.4 is 0 Å². The lowest BCUT2D eigenvalue weighted by Crippen LogP contribution is -1.91. The Hall–Kier alpha value is -1.21. The van der Waals surface area contributed by atoms with Crippen molar-refractivity contribution in [3.05, 3.63) is 41.6 Å². The van der Waals surface area contributed by atoms with Gasteiger partial charge in [-0.2, -0.15) is 0 Å².